The van der Waals surface area contributed by atoms with Gasteiger partial charge in [-0.3, -0.25) is 0 Å². The number of aliphatic imine (C=N–C) groups is 1. The van der Waals surface area contributed by atoms with Gasteiger partial charge in [-0.05, 0) is 46.2 Å². The van der Waals surface area contributed by atoms with Gasteiger partial charge in [-0.15, -0.1) is 24.0 Å². The van der Waals surface area contributed by atoms with Crippen LogP contribution in [0.2, 0.25) is 0 Å². The Morgan fingerprint density at radius 3 is 2.41 bits per heavy atom. The second-order valence-electron chi connectivity index (χ2n) is 5.99. The molecule has 0 bridgehead atoms. The van der Waals surface area contributed by atoms with Crippen molar-refractivity contribution in [2.24, 2.45) is 4.99 Å². The van der Waals surface area contributed by atoms with Gasteiger partial charge in [0, 0.05) is 25.8 Å². The summed E-state index contributed by atoms with van der Waals surface area (Å²) in [5.74, 6) is 3.25. The Balaban J connectivity index is 0.00000364. The van der Waals surface area contributed by atoms with Crippen molar-refractivity contribution in [3.63, 3.8) is 0 Å². The van der Waals surface area contributed by atoms with Crippen molar-refractivity contribution in [2.75, 3.05) is 24.5 Å². The van der Waals surface area contributed by atoms with Crippen LogP contribution in [0.15, 0.2) is 27.7 Å². The lowest BCUT2D eigenvalue weighted by molar-refractivity contribution is 0.463. The van der Waals surface area contributed by atoms with Gasteiger partial charge in [-0.25, -0.2) is 15.0 Å². The van der Waals surface area contributed by atoms with Crippen LogP contribution in [0, 0.1) is 13.8 Å². The van der Waals surface area contributed by atoms with E-state index in [4.69, 9.17) is 4.42 Å². The number of pyridine rings is 1. The number of anilines is 1. The molecule has 2 aromatic heterocycles. The van der Waals surface area contributed by atoms with Crippen LogP contribution in [0.25, 0.3) is 0 Å². The number of aryl methyl sites for hydroxylation is 2. The van der Waals surface area contributed by atoms with Crippen molar-refractivity contribution in [3.05, 3.63) is 41.2 Å². The first-order valence-electron chi connectivity index (χ1n) is 9.22. The first-order valence-corrected chi connectivity index (χ1v) is 9.22. The standard InChI is InChI=1S/C19H30N6O.HI/c1-6-20-19(23-13-18-24-14(4)15(5)26-18)22-12-16-9-10-17(21-11-16)25(7-2)8-3;/h9-11H,6-8,12-13H2,1-5H3,(H2,20,22,23);1H. The Hall–Kier alpha value is -1.84. The van der Waals surface area contributed by atoms with E-state index >= 15 is 0 Å². The monoisotopic (exact) mass is 486 g/mol. The molecular weight excluding hydrogens is 455 g/mol. The highest BCUT2D eigenvalue weighted by Gasteiger charge is 2.07. The Labute approximate surface area is 179 Å². The molecule has 0 saturated carbocycles. The van der Waals surface area contributed by atoms with E-state index in [1.165, 1.54) is 0 Å². The quantitative estimate of drug-likeness (QED) is 0.338. The average Bonchev–Trinajstić information content (AvgIpc) is 2.97. The summed E-state index contributed by atoms with van der Waals surface area (Å²) in [6, 6.07) is 4.13. The number of halogens is 1. The summed E-state index contributed by atoms with van der Waals surface area (Å²) >= 11 is 0. The van der Waals surface area contributed by atoms with Crippen LogP contribution < -0.4 is 15.5 Å². The van der Waals surface area contributed by atoms with Crippen LogP contribution in [0.5, 0.6) is 0 Å². The van der Waals surface area contributed by atoms with E-state index in [1.807, 2.05) is 27.0 Å². The van der Waals surface area contributed by atoms with Gasteiger partial charge >= 0.3 is 0 Å². The van der Waals surface area contributed by atoms with Gasteiger partial charge in [-0.2, -0.15) is 0 Å². The average molecular weight is 486 g/mol. The zero-order chi connectivity index (χ0) is 18.9. The number of guanidine groups is 1. The van der Waals surface area contributed by atoms with E-state index in [-0.39, 0.29) is 24.0 Å². The molecule has 7 nitrogen and oxygen atoms in total. The zero-order valence-corrected chi connectivity index (χ0v) is 19.2. The third-order valence-electron chi connectivity index (χ3n) is 4.14. The Bertz CT molecular complexity index is 690. The number of oxazole rings is 1. The molecule has 150 valence electrons. The van der Waals surface area contributed by atoms with E-state index in [9.17, 15) is 0 Å². The Morgan fingerprint density at radius 2 is 1.89 bits per heavy atom. The second-order valence-corrected chi connectivity index (χ2v) is 5.99. The van der Waals surface area contributed by atoms with Crippen LogP contribution in [-0.2, 0) is 13.1 Å². The van der Waals surface area contributed by atoms with E-state index in [0.717, 1.165) is 48.4 Å². The van der Waals surface area contributed by atoms with Crippen molar-refractivity contribution < 1.29 is 4.42 Å². The molecule has 0 amide bonds. The summed E-state index contributed by atoms with van der Waals surface area (Å²) in [5.41, 5.74) is 1.99. The summed E-state index contributed by atoms with van der Waals surface area (Å²) in [7, 11) is 0. The lowest BCUT2D eigenvalue weighted by atomic mass is 10.3. The van der Waals surface area contributed by atoms with Gasteiger partial charge in [0.05, 0.1) is 18.8 Å². The third-order valence-corrected chi connectivity index (χ3v) is 4.14. The van der Waals surface area contributed by atoms with Crippen molar-refractivity contribution in [1.82, 2.24) is 20.6 Å². The predicted molar refractivity (Wildman–Crippen MR) is 121 cm³/mol. The largest absolute Gasteiger partial charge is 0.444 e. The molecule has 0 spiro atoms. The number of hydrogen-bond acceptors (Lipinski definition) is 5. The molecule has 2 N–H and O–H groups in total. The molecule has 0 radical (unpaired) electrons. The first-order chi connectivity index (χ1) is 12.6. The van der Waals surface area contributed by atoms with Crippen molar-refractivity contribution >= 4 is 35.8 Å². The molecule has 0 aliphatic rings. The maximum atomic E-state index is 5.59. The minimum Gasteiger partial charge on any atom is -0.444 e. The summed E-state index contributed by atoms with van der Waals surface area (Å²) < 4.78 is 5.59. The smallest absolute Gasteiger partial charge is 0.214 e. The molecule has 0 aromatic carbocycles. The minimum atomic E-state index is 0. The number of hydrogen-bond donors (Lipinski definition) is 2. The number of nitrogens with zero attached hydrogens (tertiary/aromatic N) is 4. The fourth-order valence-corrected chi connectivity index (χ4v) is 2.53. The first kappa shape index (κ1) is 23.2. The fraction of sp³-hybridized carbons (Fsp3) is 0.526. The van der Waals surface area contributed by atoms with E-state index in [0.29, 0.717) is 19.0 Å². The number of nitrogens with one attached hydrogen (secondary N) is 2. The van der Waals surface area contributed by atoms with Crippen molar-refractivity contribution in [1.29, 1.82) is 0 Å². The molecule has 27 heavy (non-hydrogen) atoms. The number of rotatable bonds is 8. The molecule has 0 saturated heterocycles. The van der Waals surface area contributed by atoms with Gasteiger partial charge in [0.2, 0.25) is 5.89 Å². The Morgan fingerprint density at radius 1 is 1.15 bits per heavy atom. The molecule has 0 aliphatic carbocycles. The third kappa shape index (κ3) is 7.00. The summed E-state index contributed by atoms with van der Waals surface area (Å²) in [4.78, 5) is 15.8. The highest BCUT2D eigenvalue weighted by molar-refractivity contribution is 14.0. The van der Waals surface area contributed by atoms with Crippen LogP contribution in [0.3, 0.4) is 0 Å². The van der Waals surface area contributed by atoms with Gasteiger partial charge in [0.25, 0.3) is 0 Å². The van der Waals surface area contributed by atoms with E-state index < -0.39 is 0 Å². The minimum absolute atomic E-state index is 0. The highest BCUT2D eigenvalue weighted by atomic mass is 127. The lowest BCUT2D eigenvalue weighted by Gasteiger charge is -2.19. The molecule has 0 aliphatic heterocycles. The van der Waals surface area contributed by atoms with Gasteiger partial charge in [-0.1, -0.05) is 6.07 Å². The van der Waals surface area contributed by atoms with Crippen LogP contribution >= 0.6 is 24.0 Å². The lowest BCUT2D eigenvalue weighted by Crippen LogP contribution is -2.36. The van der Waals surface area contributed by atoms with Gasteiger partial charge in [0.1, 0.15) is 11.6 Å². The molecule has 0 atom stereocenters. The molecule has 2 heterocycles. The Kier molecular flexibility index (Phi) is 10.1. The van der Waals surface area contributed by atoms with Gasteiger partial charge < -0.3 is 20.0 Å². The van der Waals surface area contributed by atoms with E-state index in [2.05, 4.69) is 56.5 Å². The molecule has 0 fully saturated rings. The predicted octanol–water partition coefficient (Wildman–Crippen LogP) is 3.41. The highest BCUT2D eigenvalue weighted by Crippen LogP contribution is 2.11. The summed E-state index contributed by atoms with van der Waals surface area (Å²) in [5, 5.41) is 6.48. The molecular formula is C19H31IN6O. The normalized spacial score (nSPS) is 11.1. The maximum absolute atomic E-state index is 5.59. The second kappa shape index (κ2) is 11.8. The van der Waals surface area contributed by atoms with Crippen LogP contribution in [0.4, 0.5) is 5.82 Å². The molecule has 2 aromatic rings. The zero-order valence-electron chi connectivity index (χ0n) is 16.9. The molecule has 8 heteroatoms. The van der Waals surface area contributed by atoms with Crippen molar-refractivity contribution in [3.8, 4) is 0 Å². The fourth-order valence-electron chi connectivity index (χ4n) is 2.53. The number of aromatic nitrogens is 2. The van der Waals surface area contributed by atoms with Crippen molar-refractivity contribution in [2.45, 2.75) is 47.7 Å². The topological polar surface area (TPSA) is 78.6 Å². The summed E-state index contributed by atoms with van der Waals surface area (Å²) in [6.45, 7) is 13.9. The molecule has 0 unspecified atom stereocenters. The van der Waals surface area contributed by atoms with Crippen LogP contribution in [0.1, 0.15) is 43.7 Å². The van der Waals surface area contributed by atoms with Crippen LogP contribution in [-0.4, -0.2) is 35.6 Å². The van der Waals surface area contributed by atoms with Gasteiger partial charge in [0.15, 0.2) is 5.96 Å². The summed E-state index contributed by atoms with van der Waals surface area (Å²) in [6.07, 6.45) is 1.89. The SMILES string of the molecule is CCNC(=NCc1ccc(N(CC)CC)nc1)NCc1nc(C)c(C)o1.I. The maximum Gasteiger partial charge on any atom is 0.214 e. The van der Waals surface area contributed by atoms with E-state index in [1.54, 1.807) is 0 Å². The molecule has 2 rings (SSSR count).